The van der Waals surface area contributed by atoms with E-state index < -0.39 is 0 Å². The number of hydrogen-bond donors (Lipinski definition) is 2. The number of benzene rings is 1. The van der Waals surface area contributed by atoms with Crippen molar-refractivity contribution in [3.63, 3.8) is 0 Å². The van der Waals surface area contributed by atoms with E-state index in [1.165, 1.54) is 0 Å². The molecule has 1 amide bonds. The molecule has 0 aliphatic heterocycles. The van der Waals surface area contributed by atoms with Gasteiger partial charge in [0.05, 0.1) is 17.9 Å². The Labute approximate surface area is 129 Å². The van der Waals surface area contributed by atoms with E-state index in [4.69, 9.17) is 11.6 Å². The molecule has 0 fully saturated rings. The fourth-order valence-electron chi connectivity index (χ4n) is 2.04. The standard InChI is InChI=1S/C15H19ClN4O/c1-4-12-14(9-20(3)19-12)17-8-15(21)18-13-7-11(16)6-5-10(13)2/h5-7,9,17H,4,8H2,1-3H3,(H,18,21). The van der Waals surface area contributed by atoms with Gasteiger partial charge in [0.1, 0.15) is 0 Å². The summed E-state index contributed by atoms with van der Waals surface area (Å²) in [5, 5.41) is 10.9. The van der Waals surface area contributed by atoms with Crippen LogP contribution in [0.2, 0.25) is 5.02 Å². The lowest BCUT2D eigenvalue weighted by atomic mass is 10.2. The second-order valence-corrected chi connectivity index (χ2v) is 5.31. The molecule has 0 aliphatic rings. The summed E-state index contributed by atoms with van der Waals surface area (Å²) < 4.78 is 1.74. The van der Waals surface area contributed by atoms with Gasteiger partial charge in [-0.15, -0.1) is 0 Å². The van der Waals surface area contributed by atoms with Gasteiger partial charge in [-0.25, -0.2) is 0 Å². The molecule has 1 heterocycles. The van der Waals surface area contributed by atoms with Crippen LogP contribution in [-0.2, 0) is 18.3 Å². The average molecular weight is 307 g/mol. The number of anilines is 2. The maximum atomic E-state index is 12.0. The third-order valence-corrected chi connectivity index (χ3v) is 3.39. The van der Waals surface area contributed by atoms with E-state index >= 15 is 0 Å². The number of carbonyl (C=O) groups excluding carboxylic acids is 1. The summed E-state index contributed by atoms with van der Waals surface area (Å²) in [6.07, 6.45) is 2.69. The van der Waals surface area contributed by atoms with Gasteiger partial charge in [-0.1, -0.05) is 24.6 Å². The molecule has 0 bridgehead atoms. The Balaban J connectivity index is 1.97. The van der Waals surface area contributed by atoms with Crippen molar-refractivity contribution in [2.75, 3.05) is 17.2 Å². The van der Waals surface area contributed by atoms with Crippen molar-refractivity contribution in [1.82, 2.24) is 9.78 Å². The lowest BCUT2D eigenvalue weighted by molar-refractivity contribution is -0.114. The second kappa shape index (κ2) is 6.63. The molecular formula is C15H19ClN4O. The highest BCUT2D eigenvalue weighted by Gasteiger charge is 2.09. The van der Waals surface area contributed by atoms with Gasteiger partial charge < -0.3 is 10.6 Å². The Morgan fingerprint density at radius 3 is 2.86 bits per heavy atom. The van der Waals surface area contributed by atoms with E-state index in [0.717, 1.165) is 29.1 Å². The summed E-state index contributed by atoms with van der Waals surface area (Å²) in [5.41, 5.74) is 3.54. The van der Waals surface area contributed by atoms with Crippen molar-refractivity contribution in [2.24, 2.45) is 7.05 Å². The van der Waals surface area contributed by atoms with Crippen molar-refractivity contribution >= 4 is 28.9 Å². The zero-order valence-corrected chi connectivity index (χ0v) is 13.2. The Morgan fingerprint density at radius 2 is 2.14 bits per heavy atom. The summed E-state index contributed by atoms with van der Waals surface area (Å²) in [5.74, 6) is -0.119. The highest BCUT2D eigenvalue weighted by molar-refractivity contribution is 6.31. The van der Waals surface area contributed by atoms with Crippen LogP contribution in [0.15, 0.2) is 24.4 Å². The molecule has 112 valence electrons. The van der Waals surface area contributed by atoms with Crippen LogP contribution < -0.4 is 10.6 Å². The molecule has 0 spiro atoms. The molecule has 5 nitrogen and oxygen atoms in total. The number of aromatic nitrogens is 2. The fourth-order valence-corrected chi connectivity index (χ4v) is 2.21. The van der Waals surface area contributed by atoms with E-state index in [0.29, 0.717) is 5.02 Å². The van der Waals surface area contributed by atoms with Crippen LogP contribution in [0.5, 0.6) is 0 Å². The molecule has 0 unspecified atom stereocenters. The smallest absolute Gasteiger partial charge is 0.243 e. The van der Waals surface area contributed by atoms with Gasteiger partial charge in [-0.2, -0.15) is 5.10 Å². The first-order valence-corrected chi connectivity index (χ1v) is 7.19. The molecule has 2 aromatic rings. The van der Waals surface area contributed by atoms with Crippen molar-refractivity contribution in [3.05, 3.63) is 40.7 Å². The monoisotopic (exact) mass is 306 g/mol. The first-order chi connectivity index (χ1) is 9.99. The SMILES string of the molecule is CCc1nn(C)cc1NCC(=O)Nc1cc(Cl)ccc1C. The van der Waals surface area contributed by atoms with Crippen molar-refractivity contribution in [1.29, 1.82) is 0 Å². The molecule has 1 aromatic carbocycles. The number of carbonyl (C=O) groups is 1. The number of aryl methyl sites for hydroxylation is 3. The van der Waals surface area contributed by atoms with E-state index in [1.54, 1.807) is 16.8 Å². The minimum Gasteiger partial charge on any atom is -0.373 e. The first-order valence-electron chi connectivity index (χ1n) is 6.82. The zero-order valence-electron chi connectivity index (χ0n) is 12.4. The molecule has 0 atom stereocenters. The Bertz CT molecular complexity index is 651. The molecule has 1 aromatic heterocycles. The predicted octanol–water partition coefficient (Wildman–Crippen LogP) is 2.99. The highest BCUT2D eigenvalue weighted by Crippen LogP contribution is 2.20. The highest BCUT2D eigenvalue weighted by atomic mass is 35.5. The van der Waals surface area contributed by atoms with Crippen molar-refractivity contribution in [2.45, 2.75) is 20.3 Å². The molecule has 6 heteroatoms. The van der Waals surface area contributed by atoms with Gasteiger partial charge in [-0.3, -0.25) is 9.48 Å². The first kappa shape index (κ1) is 15.4. The quantitative estimate of drug-likeness (QED) is 0.893. The van der Waals surface area contributed by atoms with E-state index in [-0.39, 0.29) is 12.5 Å². The maximum absolute atomic E-state index is 12.0. The topological polar surface area (TPSA) is 59.0 Å². The Kier molecular flexibility index (Phi) is 4.85. The van der Waals surface area contributed by atoms with E-state index in [9.17, 15) is 4.79 Å². The normalized spacial score (nSPS) is 10.5. The number of halogens is 1. The van der Waals surface area contributed by atoms with Gasteiger partial charge in [0, 0.05) is 24.0 Å². The minimum absolute atomic E-state index is 0.119. The number of rotatable bonds is 5. The van der Waals surface area contributed by atoms with E-state index in [1.807, 2.05) is 33.2 Å². The number of amides is 1. The summed E-state index contributed by atoms with van der Waals surface area (Å²) in [6, 6.07) is 5.42. The average Bonchev–Trinajstić information content (AvgIpc) is 2.81. The third-order valence-electron chi connectivity index (χ3n) is 3.15. The summed E-state index contributed by atoms with van der Waals surface area (Å²) in [7, 11) is 1.86. The molecule has 2 rings (SSSR count). The third kappa shape index (κ3) is 3.98. The summed E-state index contributed by atoms with van der Waals surface area (Å²) >= 11 is 5.94. The van der Waals surface area contributed by atoms with Gasteiger partial charge in [0.2, 0.25) is 5.91 Å². The van der Waals surface area contributed by atoms with Crippen LogP contribution in [0.25, 0.3) is 0 Å². The Morgan fingerprint density at radius 1 is 1.38 bits per heavy atom. The van der Waals surface area contributed by atoms with Crippen LogP contribution in [0, 0.1) is 6.92 Å². The number of hydrogen-bond acceptors (Lipinski definition) is 3. The number of nitrogens with one attached hydrogen (secondary N) is 2. The van der Waals surface area contributed by atoms with Gasteiger partial charge in [0.15, 0.2) is 0 Å². The van der Waals surface area contributed by atoms with Crippen molar-refractivity contribution < 1.29 is 4.79 Å². The van der Waals surface area contributed by atoms with Crippen LogP contribution in [0.3, 0.4) is 0 Å². The second-order valence-electron chi connectivity index (χ2n) is 4.88. The van der Waals surface area contributed by atoms with Crippen LogP contribution in [0.1, 0.15) is 18.2 Å². The van der Waals surface area contributed by atoms with Crippen LogP contribution in [-0.4, -0.2) is 22.2 Å². The van der Waals surface area contributed by atoms with E-state index in [2.05, 4.69) is 15.7 Å². The molecule has 0 saturated carbocycles. The molecular weight excluding hydrogens is 288 g/mol. The molecule has 21 heavy (non-hydrogen) atoms. The van der Waals surface area contributed by atoms with Gasteiger partial charge in [-0.05, 0) is 31.0 Å². The summed E-state index contributed by atoms with van der Waals surface area (Å²) in [6.45, 7) is 4.14. The number of nitrogens with zero attached hydrogens (tertiary/aromatic N) is 2. The largest absolute Gasteiger partial charge is 0.373 e. The molecule has 0 saturated heterocycles. The zero-order chi connectivity index (χ0) is 15.4. The van der Waals surface area contributed by atoms with Gasteiger partial charge in [0.25, 0.3) is 0 Å². The Hall–Kier alpha value is -2.01. The predicted molar refractivity (Wildman–Crippen MR) is 85.9 cm³/mol. The lowest BCUT2D eigenvalue weighted by Gasteiger charge is -2.10. The maximum Gasteiger partial charge on any atom is 0.243 e. The molecule has 2 N–H and O–H groups in total. The lowest BCUT2D eigenvalue weighted by Crippen LogP contribution is -2.22. The summed E-state index contributed by atoms with van der Waals surface area (Å²) in [4.78, 5) is 12.0. The molecule has 0 radical (unpaired) electrons. The van der Waals surface area contributed by atoms with Crippen LogP contribution >= 0.6 is 11.6 Å². The molecule has 0 aliphatic carbocycles. The van der Waals surface area contributed by atoms with Crippen molar-refractivity contribution in [3.8, 4) is 0 Å². The van der Waals surface area contributed by atoms with Gasteiger partial charge >= 0.3 is 0 Å². The van der Waals surface area contributed by atoms with Crippen LogP contribution in [0.4, 0.5) is 11.4 Å². The minimum atomic E-state index is -0.119. The fraction of sp³-hybridized carbons (Fsp3) is 0.333.